The second kappa shape index (κ2) is 13.6. The molecule has 44 heavy (non-hydrogen) atoms. The van der Waals surface area contributed by atoms with E-state index in [2.05, 4.69) is 59.3 Å². The number of halogens is 1. The highest BCUT2D eigenvalue weighted by molar-refractivity contribution is 9.10. The molecule has 10 heteroatoms. The molecule has 2 aliphatic heterocycles. The van der Waals surface area contributed by atoms with Crippen molar-refractivity contribution >= 4 is 60.4 Å². The fourth-order valence-electron chi connectivity index (χ4n) is 5.49. The summed E-state index contributed by atoms with van der Waals surface area (Å²) in [6.45, 7) is 6.28. The molecule has 2 fully saturated rings. The molecule has 7 rings (SSSR count). The molecule has 0 amide bonds. The van der Waals surface area contributed by atoms with Crippen LogP contribution in [-0.2, 0) is 7.05 Å². The lowest BCUT2D eigenvalue weighted by molar-refractivity contribution is 0.103. The van der Waals surface area contributed by atoms with E-state index in [0.717, 1.165) is 52.2 Å². The van der Waals surface area contributed by atoms with Crippen LogP contribution < -0.4 is 9.80 Å². The van der Waals surface area contributed by atoms with Gasteiger partial charge in [-0.25, -0.2) is 9.97 Å². The van der Waals surface area contributed by atoms with Crippen LogP contribution in [0.25, 0.3) is 11.3 Å². The zero-order valence-corrected chi connectivity index (χ0v) is 28.1. The van der Waals surface area contributed by atoms with Crippen LogP contribution in [0.15, 0.2) is 77.5 Å². The molecular weight excluding hydrogens is 654 g/mol. The number of rotatable bonds is 7. The maximum Gasteiger partial charge on any atom is 0.204 e. The van der Waals surface area contributed by atoms with E-state index < -0.39 is 0 Å². The Balaban J connectivity index is 0.000000162. The van der Waals surface area contributed by atoms with Crippen LogP contribution >= 0.6 is 38.6 Å². The number of aromatic nitrogens is 3. The first-order valence-corrected chi connectivity index (χ1v) is 17.3. The van der Waals surface area contributed by atoms with Crippen LogP contribution in [0, 0.1) is 6.92 Å². The normalized spacial score (nSPS) is 14.5. The van der Waals surface area contributed by atoms with Crippen molar-refractivity contribution in [1.29, 1.82) is 0 Å². The summed E-state index contributed by atoms with van der Waals surface area (Å²) in [4.78, 5) is 40.0. The number of benzene rings is 2. The third kappa shape index (κ3) is 6.72. The molecule has 2 aliphatic rings. The molecule has 7 nitrogen and oxygen atoms in total. The third-order valence-corrected chi connectivity index (χ3v) is 10.7. The summed E-state index contributed by atoms with van der Waals surface area (Å²) in [5.41, 5.74) is 4.79. The zero-order valence-electron chi connectivity index (χ0n) is 24.8. The number of nitrogens with zero attached hydrogens (tertiary/aromatic N) is 5. The Hall–Kier alpha value is -3.60. The Bertz CT molecular complexity index is 1780. The van der Waals surface area contributed by atoms with Crippen LogP contribution in [0.5, 0.6) is 0 Å². The summed E-state index contributed by atoms with van der Waals surface area (Å²) in [5.74, 6) is 0.0972. The van der Waals surface area contributed by atoms with Gasteiger partial charge in [0.2, 0.25) is 11.6 Å². The summed E-state index contributed by atoms with van der Waals surface area (Å²) in [7, 11) is 2.05. The van der Waals surface area contributed by atoms with Crippen molar-refractivity contribution in [2.24, 2.45) is 7.05 Å². The molecule has 0 saturated carbocycles. The van der Waals surface area contributed by atoms with Gasteiger partial charge in [-0.2, -0.15) is 0 Å². The van der Waals surface area contributed by atoms with Gasteiger partial charge in [0.15, 0.2) is 10.3 Å². The van der Waals surface area contributed by atoms with Gasteiger partial charge in [0.05, 0.1) is 22.1 Å². The molecule has 3 aromatic heterocycles. The monoisotopic (exact) mass is 687 g/mol. The number of hydrogen-bond donors (Lipinski definition) is 0. The number of thiazole rings is 2. The summed E-state index contributed by atoms with van der Waals surface area (Å²) in [6, 6.07) is 19.5. The van der Waals surface area contributed by atoms with Gasteiger partial charge in [-0.15, -0.1) is 0 Å². The standard InChI is InChI=1S/C20H21N3OS.C14H13BrN2OS/c1-14-8-9-17(22(14)2)15-6-5-7-16(12-15)19(24)18-13-21-20(25-18)23-10-3-4-11-23;15-11-5-3-4-10(8-11)13(18)12-9-16-14(19-12)17-6-1-2-7-17/h5-9,12-13H,3-4,10-11H2,1-2H3;3-5,8-9H,1-2,6-7H2. The van der Waals surface area contributed by atoms with Gasteiger partial charge in [0, 0.05) is 60.2 Å². The smallest absolute Gasteiger partial charge is 0.204 e. The van der Waals surface area contributed by atoms with Gasteiger partial charge in [-0.1, -0.05) is 68.9 Å². The van der Waals surface area contributed by atoms with Gasteiger partial charge < -0.3 is 14.4 Å². The van der Waals surface area contributed by atoms with Crippen LogP contribution in [0.2, 0.25) is 0 Å². The largest absolute Gasteiger partial charge is 0.348 e. The molecule has 0 spiro atoms. The van der Waals surface area contributed by atoms with E-state index in [0.29, 0.717) is 20.9 Å². The van der Waals surface area contributed by atoms with Crippen molar-refractivity contribution in [3.05, 3.63) is 104 Å². The zero-order chi connectivity index (χ0) is 30.6. The van der Waals surface area contributed by atoms with E-state index in [4.69, 9.17) is 0 Å². The minimum Gasteiger partial charge on any atom is -0.348 e. The van der Waals surface area contributed by atoms with Gasteiger partial charge in [-0.3, -0.25) is 9.59 Å². The Morgan fingerprint density at radius 1 is 0.727 bits per heavy atom. The van der Waals surface area contributed by atoms with E-state index in [1.165, 1.54) is 54.1 Å². The highest BCUT2D eigenvalue weighted by atomic mass is 79.9. The van der Waals surface area contributed by atoms with E-state index in [1.807, 2.05) is 55.6 Å². The highest BCUT2D eigenvalue weighted by Crippen LogP contribution is 2.30. The second-order valence-corrected chi connectivity index (χ2v) is 14.0. The number of carbonyl (C=O) groups is 2. The average molecular weight is 689 g/mol. The Morgan fingerprint density at radius 3 is 1.75 bits per heavy atom. The molecule has 2 saturated heterocycles. The van der Waals surface area contributed by atoms with E-state index in [9.17, 15) is 9.59 Å². The maximum absolute atomic E-state index is 12.9. The molecule has 0 radical (unpaired) electrons. The first-order chi connectivity index (χ1) is 21.4. The van der Waals surface area contributed by atoms with Crippen LogP contribution in [0.1, 0.15) is 61.8 Å². The lowest BCUT2D eigenvalue weighted by Crippen LogP contribution is -2.16. The van der Waals surface area contributed by atoms with Gasteiger partial charge >= 0.3 is 0 Å². The molecule has 0 bridgehead atoms. The summed E-state index contributed by atoms with van der Waals surface area (Å²) in [5, 5.41) is 1.94. The number of aryl methyl sites for hydroxylation is 1. The Kier molecular flexibility index (Phi) is 9.39. The SMILES string of the molecule is Cc1ccc(-c2cccc(C(=O)c3cnc(N4CCCC4)s3)c2)n1C.O=C(c1cccc(Br)c1)c1cnc(N2CCCC2)s1. The van der Waals surface area contributed by atoms with Crippen LogP contribution in [-0.4, -0.2) is 52.3 Å². The molecule has 2 aromatic carbocycles. The molecule has 0 unspecified atom stereocenters. The number of ketones is 2. The minimum atomic E-state index is 0.0456. The Morgan fingerprint density at radius 2 is 1.25 bits per heavy atom. The fraction of sp³-hybridized carbons (Fsp3) is 0.294. The van der Waals surface area contributed by atoms with Gasteiger partial charge in [0.25, 0.3) is 0 Å². The van der Waals surface area contributed by atoms with E-state index in [-0.39, 0.29) is 11.6 Å². The first-order valence-electron chi connectivity index (χ1n) is 14.9. The predicted molar refractivity (Wildman–Crippen MR) is 184 cm³/mol. The van der Waals surface area contributed by atoms with Gasteiger partial charge in [0.1, 0.15) is 0 Å². The van der Waals surface area contributed by atoms with Crippen molar-refractivity contribution in [2.45, 2.75) is 32.6 Å². The molecule has 0 N–H and O–H groups in total. The van der Waals surface area contributed by atoms with Crippen molar-refractivity contribution in [3.63, 3.8) is 0 Å². The molecule has 0 atom stereocenters. The summed E-state index contributed by atoms with van der Waals surface area (Å²) < 4.78 is 3.06. The van der Waals surface area contributed by atoms with E-state index >= 15 is 0 Å². The molecule has 226 valence electrons. The molecule has 5 aromatic rings. The number of anilines is 2. The third-order valence-electron chi connectivity index (χ3n) is 8.07. The van der Waals surface area contributed by atoms with Crippen molar-refractivity contribution in [1.82, 2.24) is 14.5 Å². The van der Waals surface area contributed by atoms with Crippen LogP contribution in [0.3, 0.4) is 0 Å². The topological polar surface area (TPSA) is 71.3 Å². The van der Waals surface area contributed by atoms with Crippen molar-refractivity contribution in [3.8, 4) is 11.3 Å². The van der Waals surface area contributed by atoms with Crippen molar-refractivity contribution < 1.29 is 9.59 Å². The molecule has 0 aliphatic carbocycles. The predicted octanol–water partition coefficient (Wildman–Crippen LogP) is 8.03. The lowest BCUT2D eigenvalue weighted by atomic mass is 10.0. The Labute approximate surface area is 274 Å². The highest BCUT2D eigenvalue weighted by Gasteiger charge is 2.20. The number of carbonyl (C=O) groups excluding carboxylic acids is 2. The fourth-order valence-corrected chi connectivity index (χ4v) is 7.74. The average Bonchev–Trinajstić information content (AvgIpc) is 3.88. The van der Waals surface area contributed by atoms with Crippen LogP contribution in [0.4, 0.5) is 10.3 Å². The van der Waals surface area contributed by atoms with E-state index in [1.54, 1.807) is 12.4 Å². The molecule has 5 heterocycles. The minimum absolute atomic E-state index is 0.0456. The number of hydrogen-bond acceptors (Lipinski definition) is 8. The summed E-state index contributed by atoms with van der Waals surface area (Å²) in [6.07, 6.45) is 8.27. The molecular formula is C34H34BrN5O2S2. The lowest BCUT2D eigenvalue weighted by Gasteiger charge is -2.12. The first kappa shape index (κ1) is 30.4. The quantitative estimate of drug-likeness (QED) is 0.161. The second-order valence-electron chi connectivity index (χ2n) is 11.1. The maximum atomic E-state index is 12.9. The van der Waals surface area contributed by atoms with Gasteiger partial charge in [-0.05, 0) is 68.5 Å². The summed E-state index contributed by atoms with van der Waals surface area (Å²) >= 11 is 6.38. The van der Waals surface area contributed by atoms with Crippen molar-refractivity contribution in [2.75, 3.05) is 36.0 Å².